The number of benzene rings is 2. The van der Waals surface area contributed by atoms with Crippen LogP contribution in [0.3, 0.4) is 0 Å². The lowest BCUT2D eigenvalue weighted by Crippen LogP contribution is -2.26. The highest BCUT2D eigenvalue weighted by molar-refractivity contribution is 8.14. The molecule has 1 aliphatic heterocycles. The highest BCUT2D eigenvalue weighted by atomic mass is 32.2. The molecule has 1 amide bonds. The number of nitrogens with zero attached hydrogens (tertiary/aromatic N) is 4. The second kappa shape index (κ2) is 6.98. The second-order valence-corrected chi connectivity index (χ2v) is 7.28. The molecule has 28 heavy (non-hydrogen) atoms. The highest BCUT2D eigenvalue weighted by Gasteiger charge is 2.27. The number of fused-ring (bicyclic) bond motifs is 2. The maximum Gasteiger partial charge on any atom is 0.261 e. The molecule has 3 aromatic rings. The number of amidine groups is 1. The van der Waals surface area contributed by atoms with E-state index in [9.17, 15) is 4.79 Å². The number of carbonyl (C=O) groups is 1. The quantitative estimate of drug-likeness (QED) is 0.614. The molecule has 0 bridgehead atoms. The van der Waals surface area contributed by atoms with Gasteiger partial charge in [-0.3, -0.25) is 4.79 Å². The van der Waals surface area contributed by atoms with E-state index >= 15 is 0 Å². The monoisotopic (exact) mass is 382 g/mol. The minimum atomic E-state index is -0.378. The molecule has 0 spiro atoms. The Balaban J connectivity index is 1.59. The predicted octanol–water partition coefficient (Wildman–Crippen LogP) is 4.47. The lowest BCUT2D eigenvalue weighted by atomic mass is 9.97. The van der Waals surface area contributed by atoms with Crippen LogP contribution in [0.25, 0.3) is 22.3 Å². The summed E-state index contributed by atoms with van der Waals surface area (Å²) in [6.07, 6.45) is 7.40. The first-order valence-corrected chi connectivity index (χ1v) is 9.66. The van der Waals surface area contributed by atoms with Crippen LogP contribution in [-0.2, 0) is 4.79 Å². The molecule has 134 valence electrons. The molecule has 0 saturated heterocycles. The molecule has 1 atom stereocenters. The summed E-state index contributed by atoms with van der Waals surface area (Å²) >= 11 is 1.29. The lowest BCUT2D eigenvalue weighted by molar-refractivity contribution is -0.118. The summed E-state index contributed by atoms with van der Waals surface area (Å²) in [4.78, 5) is 30.6. The van der Waals surface area contributed by atoms with Gasteiger partial charge in [0.25, 0.3) is 5.91 Å². The van der Waals surface area contributed by atoms with E-state index in [2.05, 4.69) is 9.98 Å². The summed E-state index contributed by atoms with van der Waals surface area (Å²) < 4.78 is 0. The Morgan fingerprint density at radius 3 is 2.57 bits per heavy atom. The number of aromatic nitrogens is 2. The molecule has 0 radical (unpaired) electrons. The van der Waals surface area contributed by atoms with E-state index in [1.165, 1.54) is 11.8 Å². The van der Waals surface area contributed by atoms with Crippen LogP contribution in [0.1, 0.15) is 0 Å². The van der Waals surface area contributed by atoms with E-state index in [-0.39, 0.29) is 11.8 Å². The number of hydrogen-bond acceptors (Lipinski definition) is 5. The summed E-state index contributed by atoms with van der Waals surface area (Å²) in [5, 5.41) is 2.04. The van der Waals surface area contributed by atoms with Gasteiger partial charge < -0.3 is 0 Å². The number of thioether (sulfide) groups is 1. The molecule has 5 rings (SSSR count). The molecule has 1 aliphatic carbocycles. The van der Waals surface area contributed by atoms with E-state index in [0.717, 1.165) is 21.5 Å². The Morgan fingerprint density at radius 1 is 0.857 bits per heavy atom. The first-order valence-electron chi connectivity index (χ1n) is 8.84. The van der Waals surface area contributed by atoms with Crippen molar-refractivity contribution in [1.82, 2.24) is 9.97 Å². The predicted molar refractivity (Wildman–Crippen MR) is 112 cm³/mol. The third-order valence-electron chi connectivity index (χ3n) is 4.49. The first kappa shape index (κ1) is 16.8. The third kappa shape index (κ3) is 3.08. The molecule has 6 heteroatoms. The standard InChI is InChI=1S/C22H14N4OS/c27-20-15-10-4-6-12-17(15)24-22(26-20)28-21-16-11-5-7-13-18(16)23-19(25-21)14-8-2-1-3-9-14/h1-13,15H. The topological polar surface area (TPSA) is 67.6 Å². The van der Waals surface area contributed by atoms with Crippen LogP contribution in [0, 0.1) is 5.92 Å². The van der Waals surface area contributed by atoms with Crippen molar-refractivity contribution >= 4 is 39.5 Å². The fourth-order valence-electron chi connectivity index (χ4n) is 3.12. The summed E-state index contributed by atoms with van der Waals surface area (Å²) in [5.41, 5.74) is 2.49. The number of hydrogen-bond donors (Lipinski definition) is 0. The van der Waals surface area contributed by atoms with Crippen LogP contribution in [0.2, 0.25) is 0 Å². The van der Waals surface area contributed by atoms with E-state index < -0.39 is 0 Å². The average molecular weight is 382 g/mol. The van der Waals surface area contributed by atoms with E-state index in [0.29, 0.717) is 16.7 Å². The van der Waals surface area contributed by atoms with Crippen molar-refractivity contribution in [1.29, 1.82) is 0 Å². The van der Waals surface area contributed by atoms with Gasteiger partial charge in [0.1, 0.15) is 10.9 Å². The second-order valence-electron chi connectivity index (χ2n) is 6.33. The van der Waals surface area contributed by atoms with Crippen LogP contribution in [0.5, 0.6) is 0 Å². The number of allylic oxidation sites excluding steroid dienone is 3. The molecule has 5 nitrogen and oxygen atoms in total. The average Bonchev–Trinajstić information content (AvgIpc) is 2.74. The van der Waals surface area contributed by atoms with Crippen LogP contribution < -0.4 is 0 Å². The van der Waals surface area contributed by atoms with Gasteiger partial charge in [-0.15, -0.1) is 0 Å². The van der Waals surface area contributed by atoms with Gasteiger partial charge in [0.15, 0.2) is 11.0 Å². The zero-order valence-electron chi connectivity index (χ0n) is 14.7. The maximum atomic E-state index is 12.4. The normalized spacial score (nSPS) is 18.0. The van der Waals surface area contributed by atoms with Crippen LogP contribution in [-0.4, -0.2) is 26.8 Å². The van der Waals surface area contributed by atoms with Crippen molar-refractivity contribution in [2.45, 2.75) is 5.03 Å². The molecule has 0 saturated carbocycles. The van der Waals surface area contributed by atoms with Crippen molar-refractivity contribution < 1.29 is 4.79 Å². The minimum absolute atomic E-state index is 0.199. The Labute approximate surface area is 165 Å². The zero-order chi connectivity index (χ0) is 18.9. The molecule has 1 aromatic heterocycles. The molecule has 2 aromatic carbocycles. The van der Waals surface area contributed by atoms with E-state index in [4.69, 9.17) is 9.97 Å². The number of amides is 1. The largest absolute Gasteiger partial charge is 0.271 e. The van der Waals surface area contributed by atoms with Crippen molar-refractivity contribution in [3.8, 4) is 11.4 Å². The number of carbonyl (C=O) groups excluding carboxylic acids is 1. The zero-order valence-corrected chi connectivity index (χ0v) is 15.5. The van der Waals surface area contributed by atoms with Crippen molar-refractivity contribution in [2.75, 3.05) is 0 Å². The molecule has 1 unspecified atom stereocenters. The molecular weight excluding hydrogens is 368 g/mol. The molecular formula is C22H14N4OS. The maximum absolute atomic E-state index is 12.4. The summed E-state index contributed by atoms with van der Waals surface area (Å²) in [7, 11) is 0. The van der Waals surface area contributed by atoms with Gasteiger partial charge in [-0.05, 0) is 23.9 Å². The van der Waals surface area contributed by atoms with Crippen molar-refractivity contribution in [3.63, 3.8) is 0 Å². The number of para-hydroxylation sites is 1. The van der Waals surface area contributed by atoms with Gasteiger partial charge in [-0.1, -0.05) is 66.8 Å². The fraction of sp³-hybridized carbons (Fsp3) is 0.0455. The van der Waals surface area contributed by atoms with Crippen LogP contribution >= 0.6 is 11.8 Å². The van der Waals surface area contributed by atoms with Gasteiger partial charge in [0.2, 0.25) is 0 Å². The van der Waals surface area contributed by atoms with Gasteiger partial charge in [-0.2, -0.15) is 4.99 Å². The van der Waals surface area contributed by atoms with Crippen molar-refractivity contribution in [3.05, 3.63) is 78.9 Å². The summed E-state index contributed by atoms with van der Waals surface area (Å²) in [5.74, 6) is 0.0571. The van der Waals surface area contributed by atoms with Crippen molar-refractivity contribution in [2.24, 2.45) is 15.9 Å². The number of aliphatic imine (C=N–C) groups is 2. The summed E-state index contributed by atoms with van der Waals surface area (Å²) in [6.45, 7) is 0. The smallest absolute Gasteiger partial charge is 0.261 e. The first-order chi connectivity index (χ1) is 13.8. The van der Waals surface area contributed by atoms with Gasteiger partial charge in [-0.25, -0.2) is 15.0 Å². The molecule has 2 aliphatic rings. The Kier molecular flexibility index (Phi) is 4.18. The Morgan fingerprint density at radius 2 is 1.68 bits per heavy atom. The summed E-state index contributed by atoms with van der Waals surface area (Å²) in [6, 6.07) is 17.6. The lowest BCUT2D eigenvalue weighted by Gasteiger charge is -2.17. The van der Waals surface area contributed by atoms with Crippen LogP contribution in [0.4, 0.5) is 0 Å². The molecule has 0 fully saturated rings. The van der Waals surface area contributed by atoms with Gasteiger partial charge in [0, 0.05) is 10.9 Å². The molecule has 2 heterocycles. The number of rotatable bonds is 2. The SMILES string of the molecule is O=C1N=C(Sc2nc(-c3ccccc3)nc3ccccc23)N=C2C=CC=CC12. The Hall–Kier alpha value is -3.38. The van der Waals surface area contributed by atoms with Gasteiger partial charge >= 0.3 is 0 Å². The molecule has 0 N–H and O–H groups in total. The minimum Gasteiger partial charge on any atom is -0.271 e. The fourth-order valence-corrected chi connectivity index (χ4v) is 3.99. The van der Waals surface area contributed by atoms with E-state index in [1.54, 1.807) is 0 Å². The highest BCUT2D eigenvalue weighted by Crippen LogP contribution is 2.31. The van der Waals surface area contributed by atoms with Gasteiger partial charge in [0.05, 0.1) is 11.2 Å². The third-order valence-corrected chi connectivity index (χ3v) is 5.35. The Bertz CT molecular complexity index is 1210. The van der Waals surface area contributed by atoms with Crippen LogP contribution in [0.15, 0.2) is 93.9 Å². The van der Waals surface area contributed by atoms with E-state index in [1.807, 2.05) is 78.9 Å².